The van der Waals surface area contributed by atoms with Gasteiger partial charge in [-0.2, -0.15) is 5.26 Å². The third-order valence-corrected chi connectivity index (χ3v) is 2.22. The van der Waals surface area contributed by atoms with E-state index in [4.69, 9.17) is 10.00 Å². The van der Waals surface area contributed by atoms with Gasteiger partial charge >= 0.3 is 0 Å². The minimum Gasteiger partial charge on any atom is -0.495 e. The lowest BCUT2D eigenvalue weighted by molar-refractivity contribution is -0.115. The second-order valence-electron chi connectivity index (χ2n) is 3.52. The summed E-state index contributed by atoms with van der Waals surface area (Å²) >= 11 is 0. The number of hydrogen-bond acceptors (Lipinski definition) is 4. The number of anilines is 1. The summed E-state index contributed by atoms with van der Waals surface area (Å²) in [7, 11) is 1.47. The Balaban J connectivity index is 2.93. The van der Waals surface area contributed by atoms with Crippen LogP contribution in [-0.4, -0.2) is 18.1 Å². The highest BCUT2D eigenvalue weighted by Gasteiger charge is 2.10. The van der Waals surface area contributed by atoms with E-state index in [1.165, 1.54) is 7.11 Å². The first kappa shape index (κ1) is 13.0. The molecule has 0 saturated carbocycles. The molecule has 5 nitrogen and oxygen atoms in total. The number of methoxy groups -OCH3 is 1. The molecule has 0 fully saturated rings. The zero-order valence-electron chi connectivity index (χ0n) is 9.73. The predicted molar refractivity (Wildman–Crippen MR) is 62.5 cm³/mol. The standard InChI is InChI=1S/C12H14N2O3/c1-8(15)9-3-4-10(11(7-9)17-2)14-12(16)5-6-13/h3-4,7-8,15H,5H2,1-2H3,(H,14,16). The van der Waals surface area contributed by atoms with E-state index in [-0.39, 0.29) is 6.42 Å². The van der Waals surface area contributed by atoms with Crippen molar-refractivity contribution in [3.8, 4) is 11.8 Å². The lowest BCUT2D eigenvalue weighted by atomic mass is 10.1. The lowest BCUT2D eigenvalue weighted by Crippen LogP contribution is -2.11. The Morgan fingerprint density at radius 1 is 1.65 bits per heavy atom. The summed E-state index contributed by atoms with van der Waals surface area (Å²) in [6.45, 7) is 1.64. The molecule has 0 radical (unpaired) electrons. The van der Waals surface area contributed by atoms with Crippen LogP contribution in [0.25, 0.3) is 0 Å². The molecule has 1 atom stereocenters. The molecule has 1 aromatic carbocycles. The second kappa shape index (κ2) is 5.87. The van der Waals surface area contributed by atoms with Crippen LogP contribution in [0.2, 0.25) is 0 Å². The first-order valence-electron chi connectivity index (χ1n) is 5.11. The van der Waals surface area contributed by atoms with Crippen molar-refractivity contribution >= 4 is 11.6 Å². The molecular weight excluding hydrogens is 220 g/mol. The van der Waals surface area contributed by atoms with Crippen molar-refractivity contribution in [2.24, 2.45) is 0 Å². The molecule has 1 unspecified atom stereocenters. The van der Waals surface area contributed by atoms with Gasteiger partial charge in [-0.05, 0) is 24.6 Å². The normalized spacial score (nSPS) is 11.4. The molecule has 5 heteroatoms. The highest BCUT2D eigenvalue weighted by Crippen LogP contribution is 2.28. The number of benzene rings is 1. The average Bonchev–Trinajstić information content (AvgIpc) is 2.29. The Labute approximate surface area is 99.6 Å². The summed E-state index contributed by atoms with van der Waals surface area (Å²) in [6, 6.07) is 6.73. The molecule has 17 heavy (non-hydrogen) atoms. The summed E-state index contributed by atoms with van der Waals surface area (Å²) in [5, 5.41) is 20.4. The van der Waals surface area contributed by atoms with Crippen LogP contribution >= 0.6 is 0 Å². The van der Waals surface area contributed by atoms with Crippen molar-refractivity contribution in [3.05, 3.63) is 23.8 Å². The van der Waals surface area contributed by atoms with Gasteiger partial charge in [0.25, 0.3) is 0 Å². The van der Waals surface area contributed by atoms with Crippen molar-refractivity contribution in [3.63, 3.8) is 0 Å². The number of hydrogen-bond donors (Lipinski definition) is 2. The van der Waals surface area contributed by atoms with Gasteiger partial charge in [0.05, 0.1) is 25.0 Å². The number of nitriles is 1. The minimum absolute atomic E-state index is 0.207. The fourth-order valence-electron chi connectivity index (χ4n) is 1.34. The molecule has 0 aliphatic carbocycles. The number of nitrogens with one attached hydrogen (secondary N) is 1. The number of nitrogens with zero attached hydrogens (tertiary/aromatic N) is 1. The fourth-order valence-corrected chi connectivity index (χ4v) is 1.34. The molecule has 0 aliphatic rings. The van der Waals surface area contributed by atoms with Crippen LogP contribution < -0.4 is 10.1 Å². The highest BCUT2D eigenvalue weighted by molar-refractivity contribution is 5.93. The van der Waals surface area contributed by atoms with Crippen LogP contribution in [0.15, 0.2) is 18.2 Å². The monoisotopic (exact) mass is 234 g/mol. The maximum atomic E-state index is 11.3. The van der Waals surface area contributed by atoms with E-state index in [2.05, 4.69) is 5.32 Å². The Kier molecular flexibility index (Phi) is 4.49. The van der Waals surface area contributed by atoms with E-state index in [1.807, 2.05) is 0 Å². The SMILES string of the molecule is COc1cc(C(C)O)ccc1NC(=O)CC#N. The fraction of sp³-hybridized carbons (Fsp3) is 0.333. The van der Waals surface area contributed by atoms with Gasteiger partial charge in [-0.25, -0.2) is 0 Å². The number of rotatable bonds is 4. The first-order valence-corrected chi connectivity index (χ1v) is 5.11. The van der Waals surface area contributed by atoms with Crippen molar-refractivity contribution in [1.29, 1.82) is 5.26 Å². The van der Waals surface area contributed by atoms with E-state index in [9.17, 15) is 9.90 Å². The minimum atomic E-state index is -0.604. The van der Waals surface area contributed by atoms with Gasteiger partial charge in [0.1, 0.15) is 12.2 Å². The third kappa shape index (κ3) is 3.47. The first-order chi connectivity index (χ1) is 8.08. The maximum Gasteiger partial charge on any atom is 0.238 e. The van der Waals surface area contributed by atoms with Crippen LogP contribution in [-0.2, 0) is 4.79 Å². The van der Waals surface area contributed by atoms with E-state index in [0.29, 0.717) is 17.0 Å². The van der Waals surface area contributed by atoms with Crippen molar-refractivity contribution in [2.75, 3.05) is 12.4 Å². The number of amides is 1. The highest BCUT2D eigenvalue weighted by atomic mass is 16.5. The van der Waals surface area contributed by atoms with Crippen molar-refractivity contribution in [1.82, 2.24) is 0 Å². The van der Waals surface area contributed by atoms with Crippen molar-refractivity contribution < 1.29 is 14.6 Å². The zero-order chi connectivity index (χ0) is 12.8. The quantitative estimate of drug-likeness (QED) is 0.829. The molecule has 1 amide bonds. The molecule has 0 heterocycles. The van der Waals surface area contributed by atoms with E-state index < -0.39 is 12.0 Å². The number of carbonyl (C=O) groups excluding carboxylic acids is 1. The van der Waals surface area contributed by atoms with Gasteiger partial charge in [0.2, 0.25) is 5.91 Å². The summed E-state index contributed by atoms with van der Waals surface area (Å²) in [6.07, 6.45) is -0.811. The molecule has 0 spiro atoms. The molecule has 2 N–H and O–H groups in total. The topological polar surface area (TPSA) is 82.3 Å². The summed E-state index contributed by atoms with van der Waals surface area (Å²) in [5.41, 5.74) is 1.18. The Hall–Kier alpha value is -2.06. The Morgan fingerprint density at radius 3 is 2.88 bits per heavy atom. The van der Waals surface area contributed by atoms with Gasteiger partial charge < -0.3 is 15.2 Å². The van der Waals surface area contributed by atoms with Gasteiger partial charge in [-0.1, -0.05) is 6.07 Å². The number of aliphatic hydroxyl groups is 1. The number of carbonyl (C=O) groups is 1. The average molecular weight is 234 g/mol. The van der Waals surface area contributed by atoms with Gasteiger partial charge in [0.15, 0.2) is 0 Å². The molecule has 1 aromatic rings. The maximum absolute atomic E-state index is 11.3. The number of ether oxygens (including phenoxy) is 1. The van der Waals surface area contributed by atoms with E-state index in [1.54, 1.807) is 31.2 Å². The summed E-state index contributed by atoms with van der Waals surface area (Å²) in [5.74, 6) is 0.0605. The Bertz CT molecular complexity index is 450. The zero-order valence-corrected chi connectivity index (χ0v) is 9.73. The molecule has 1 rings (SSSR count). The molecule has 0 aromatic heterocycles. The number of aliphatic hydroxyl groups excluding tert-OH is 1. The van der Waals surface area contributed by atoms with E-state index in [0.717, 1.165) is 0 Å². The molecule has 0 aliphatic heterocycles. The largest absolute Gasteiger partial charge is 0.495 e. The lowest BCUT2D eigenvalue weighted by Gasteiger charge is -2.12. The summed E-state index contributed by atoms with van der Waals surface area (Å²) < 4.78 is 5.11. The van der Waals surface area contributed by atoms with Crippen LogP contribution in [0.1, 0.15) is 25.0 Å². The van der Waals surface area contributed by atoms with Crippen LogP contribution in [0.4, 0.5) is 5.69 Å². The third-order valence-electron chi connectivity index (χ3n) is 2.22. The smallest absolute Gasteiger partial charge is 0.238 e. The molecule has 0 bridgehead atoms. The van der Waals surface area contributed by atoms with Crippen LogP contribution in [0, 0.1) is 11.3 Å². The van der Waals surface area contributed by atoms with Gasteiger partial charge in [-0.15, -0.1) is 0 Å². The Morgan fingerprint density at radius 2 is 2.35 bits per heavy atom. The second-order valence-corrected chi connectivity index (χ2v) is 3.52. The van der Waals surface area contributed by atoms with E-state index >= 15 is 0 Å². The van der Waals surface area contributed by atoms with Crippen LogP contribution in [0.3, 0.4) is 0 Å². The van der Waals surface area contributed by atoms with Gasteiger partial charge in [-0.3, -0.25) is 4.79 Å². The predicted octanol–water partition coefficient (Wildman–Crippen LogP) is 1.60. The molecule has 90 valence electrons. The molecule has 0 saturated heterocycles. The van der Waals surface area contributed by atoms with Crippen LogP contribution in [0.5, 0.6) is 5.75 Å². The summed E-state index contributed by atoms with van der Waals surface area (Å²) in [4.78, 5) is 11.3. The van der Waals surface area contributed by atoms with Crippen molar-refractivity contribution in [2.45, 2.75) is 19.4 Å². The molecular formula is C12H14N2O3. The van der Waals surface area contributed by atoms with Gasteiger partial charge in [0, 0.05) is 0 Å².